The van der Waals surface area contributed by atoms with E-state index < -0.39 is 29.1 Å². The minimum Gasteiger partial charge on any atom is -0.396 e. The Hall–Kier alpha value is -7.14. The lowest BCUT2D eigenvalue weighted by Gasteiger charge is -2.35. The van der Waals surface area contributed by atoms with Gasteiger partial charge in [-0.2, -0.15) is 10.2 Å². The molecular weight excluding hydrogens is 887 g/mol. The fourth-order valence-corrected chi connectivity index (χ4v) is 11.5. The number of fused-ring (bicyclic) bond motifs is 3. The van der Waals surface area contributed by atoms with Gasteiger partial charge in [0.05, 0.1) is 51.9 Å². The number of rotatable bonds is 9. The second-order valence-corrected chi connectivity index (χ2v) is 20.0. The lowest BCUT2D eigenvalue weighted by atomic mass is 9.83. The molecule has 4 aromatic heterocycles. The van der Waals surface area contributed by atoms with Crippen LogP contribution in [0.2, 0.25) is 0 Å². The SMILES string of the molecule is Cc1cc(-n2nc3c(c2N2C=CN(c4ccc5c(cnn5C5CC5)c4F)C2=C=O)[C@H](C)N(C(=O)c2cc4cc([C@H]5CCOC(C)(C)C5)ccc4n2[C@@]2(c4noc(=O)[nH]4)C[C@@H]2CO)CC3)cc(C)c1F. The molecule has 0 spiro atoms. The minimum atomic E-state index is -1.10. The van der Waals surface area contributed by atoms with Gasteiger partial charge in [0, 0.05) is 61.0 Å². The van der Waals surface area contributed by atoms with Gasteiger partial charge in [-0.3, -0.25) is 28.8 Å². The Morgan fingerprint density at radius 1 is 0.986 bits per heavy atom. The lowest BCUT2D eigenvalue weighted by molar-refractivity contribution is -0.0592. The van der Waals surface area contributed by atoms with Crippen LogP contribution in [0.3, 0.4) is 0 Å². The van der Waals surface area contributed by atoms with E-state index >= 15 is 13.6 Å². The van der Waals surface area contributed by atoms with E-state index in [0.29, 0.717) is 69.9 Å². The molecule has 2 N–H and O–H groups in total. The number of aryl methyl sites for hydroxylation is 2. The van der Waals surface area contributed by atoms with Crippen molar-refractivity contribution in [2.75, 3.05) is 29.6 Å². The van der Waals surface area contributed by atoms with E-state index in [1.807, 2.05) is 28.3 Å². The van der Waals surface area contributed by atoms with Crippen molar-refractivity contribution in [2.45, 2.75) is 102 Å². The van der Waals surface area contributed by atoms with Gasteiger partial charge in [0.1, 0.15) is 22.9 Å². The molecule has 1 amide bonds. The quantitative estimate of drug-likeness (QED) is 0.136. The highest BCUT2D eigenvalue weighted by Crippen LogP contribution is 2.56. The number of aromatic amines is 1. The molecule has 354 valence electrons. The third-order valence-corrected chi connectivity index (χ3v) is 15.1. The molecule has 7 heterocycles. The molecule has 0 unspecified atom stereocenters. The van der Waals surface area contributed by atoms with Gasteiger partial charge in [0.15, 0.2) is 17.6 Å². The van der Waals surface area contributed by atoms with Crippen LogP contribution in [0.1, 0.15) is 115 Å². The van der Waals surface area contributed by atoms with Crippen LogP contribution in [0.25, 0.3) is 27.5 Å². The number of aliphatic hydroxyl groups excluding tert-OH is 1. The molecule has 12 rings (SSSR count). The van der Waals surface area contributed by atoms with Crippen LogP contribution in [0.5, 0.6) is 0 Å². The molecule has 4 atom stereocenters. The van der Waals surface area contributed by atoms with Crippen molar-refractivity contribution >= 4 is 45.2 Å². The van der Waals surface area contributed by atoms with E-state index in [9.17, 15) is 14.7 Å². The van der Waals surface area contributed by atoms with Crippen LogP contribution >= 0.6 is 0 Å². The third-order valence-electron chi connectivity index (χ3n) is 15.1. The maximum Gasteiger partial charge on any atom is 0.438 e. The van der Waals surface area contributed by atoms with E-state index in [2.05, 4.69) is 47.2 Å². The first-order valence-electron chi connectivity index (χ1n) is 23.6. The fourth-order valence-electron chi connectivity index (χ4n) is 11.5. The molecule has 7 aromatic rings. The van der Waals surface area contributed by atoms with Gasteiger partial charge in [-0.05, 0) is 132 Å². The average molecular weight is 937 g/mol. The maximum absolute atomic E-state index is 16.6. The summed E-state index contributed by atoms with van der Waals surface area (Å²) >= 11 is 0. The van der Waals surface area contributed by atoms with Gasteiger partial charge in [0.25, 0.3) is 5.91 Å². The van der Waals surface area contributed by atoms with E-state index in [-0.39, 0.29) is 59.8 Å². The van der Waals surface area contributed by atoms with Crippen molar-refractivity contribution in [3.8, 4) is 5.69 Å². The van der Waals surface area contributed by atoms with Crippen LogP contribution in [-0.4, -0.2) is 81.5 Å². The Morgan fingerprint density at radius 2 is 1.75 bits per heavy atom. The number of aromatic nitrogens is 7. The second kappa shape index (κ2) is 15.4. The third kappa shape index (κ3) is 6.59. The first-order chi connectivity index (χ1) is 33.2. The van der Waals surface area contributed by atoms with Crippen molar-refractivity contribution in [3.05, 3.63) is 135 Å². The fraction of sp³-hybridized carbons (Fsp3) is 0.392. The molecule has 3 aromatic carbocycles. The van der Waals surface area contributed by atoms with Gasteiger partial charge in [-0.25, -0.2) is 23.1 Å². The molecule has 16 nitrogen and oxygen atoms in total. The summed E-state index contributed by atoms with van der Waals surface area (Å²) in [6.45, 7) is 10.1. The lowest BCUT2D eigenvalue weighted by Crippen LogP contribution is -2.41. The van der Waals surface area contributed by atoms with Crippen molar-refractivity contribution in [3.63, 3.8) is 0 Å². The summed E-state index contributed by atoms with van der Waals surface area (Å²) in [5.41, 5.74) is 4.13. The Morgan fingerprint density at radius 3 is 2.45 bits per heavy atom. The smallest absolute Gasteiger partial charge is 0.396 e. The number of H-pyrrole nitrogens is 1. The number of anilines is 2. The average Bonchev–Trinajstić information content (AvgIpc) is 3.90. The summed E-state index contributed by atoms with van der Waals surface area (Å²) in [4.78, 5) is 49.0. The first kappa shape index (κ1) is 43.2. The highest BCUT2D eigenvalue weighted by molar-refractivity contribution is 6.00. The number of hydrogen-bond acceptors (Lipinski definition) is 11. The number of carbonyl (C=O) groups excluding carboxylic acids is 2. The van der Waals surface area contributed by atoms with Gasteiger partial charge >= 0.3 is 5.76 Å². The van der Waals surface area contributed by atoms with Crippen LogP contribution < -0.4 is 15.6 Å². The topological polar surface area (TPSA) is 173 Å². The zero-order valence-electron chi connectivity index (χ0n) is 38.8. The summed E-state index contributed by atoms with van der Waals surface area (Å²) in [6, 6.07) is 14.4. The number of nitrogens with zero attached hydrogens (tertiary/aromatic N) is 9. The minimum absolute atomic E-state index is 0.0471. The number of nitrogens with one attached hydrogen (secondary N) is 1. The largest absolute Gasteiger partial charge is 0.438 e. The Bertz CT molecular complexity index is 3420. The number of carbonyl (C=O) groups is 1. The molecule has 1 saturated heterocycles. The zero-order valence-corrected chi connectivity index (χ0v) is 38.8. The van der Waals surface area contributed by atoms with E-state index in [0.717, 1.165) is 42.1 Å². The second-order valence-electron chi connectivity index (χ2n) is 20.0. The molecule has 3 fully saturated rings. The predicted molar refractivity (Wildman–Crippen MR) is 251 cm³/mol. The maximum atomic E-state index is 16.6. The van der Waals surface area contributed by atoms with E-state index in [1.54, 1.807) is 65.0 Å². The molecule has 69 heavy (non-hydrogen) atoms. The first-order valence-corrected chi connectivity index (χ1v) is 23.6. The molecule has 5 aliphatic rings. The molecule has 0 radical (unpaired) electrons. The standard InChI is InChI=1S/C51H50F2N10O6/c1-27-18-35(19-28(2)44(27)52)63-46(60-16-15-59(42(60)26-65)40-11-10-39-36(45(40)53)24-54-62(39)34-7-8-34)43-29(3)58(14-12-37(43)56-63)47(66)41-21-32-20-30(31-13-17-68-50(4,5)22-31)6-9-38(32)61(41)51(23-33(51)25-64)48-55-49(67)69-57-48/h6,9-11,15-16,18-21,24,29,31,33-34,64H,7-8,12-14,17,22-23,25H2,1-5H3,(H,55,57,67)/t29-,31-,33+,51-/m0/s1. The summed E-state index contributed by atoms with van der Waals surface area (Å²) in [6.07, 6.45) is 9.06. The van der Waals surface area contributed by atoms with Crippen LogP contribution in [-0.2, 0) is 21.5 Å². The summed E-state index contributed by atoms with van der Waals surface area (Å²) < 4.78 is 48.3. The summed E-state index contributed by atoms with van der Waals surface area (Å²) in [5.74, 6) is 0.480. The molecule has 2 aliphatic carbocycles. The number of aliphatic hydroxyl groups is 1. The van der Waals surface area contributed by atoms with Crippen molar-refractivity contribution in [2.24, 2.45) is 5.92 Å². The number of benzene rings is 3. The monoisotopic (exact) mass is 936 g/mol. The predicted octanol–water partition coefficient (Wildman–Crippen LogP) is 7.74. The van der Waals surface area contributed by atoms with Gasteiger partial charge in [-0.15, -0.1) is 0 Å². The summed E-state index contributed by atoms with van der Waals surface area (Å²) in [7, 11) is 0. The Kier molecular flexibility index (Phi) is 9.66. The number of halogens is 2. The van der Waals surface area contributed by atoms with Crippen molar-refractivity contribution in [1.29, 1.82) is 0 Å². The molecule has 3 aliphatic heterocycles. The number of amides is 1. The van der Waals surface area contributed by atoms with Crippen LogP contribution in [0.4, 0.5) is 20.3 Å². The summed E-state index contributed by atoms with van der Waals surface area (Å²) in [5, 5.41) is 25.5. The Balaban J connectivity index is 0.979. The van der Waals surface area contributed by atoms with Crippen LogP contribution in [0, 0.1) is 31.4 Å². The van der Waals surface area contributed by atoms with Crippen LogP contribution in [0.15, 0.2) is 82.3 Å². The molecule has 18 heteroatoms. The molecule has 2 saturated carbocycles. The van der Waals surface area contributed by atoms with Gasteiger partial charge in [-0.1, -0.05) is 11.2 Å². The van der Waals surface area contributed by atoms with E-state index in [4.69, 9.17) is 14.4 Å². The highest BCUT2D eigenvalue weighted by atomic mass is 19.1. The molecule has 0 bridgehead atoms. The normalized spacial score (nSPS) is 23.1. The zero-order chi connectivity index (χ0) is 47.8. The molecular formula is C51H50F2N10O6. The number of ether oxygens (including phenoxy) is 1. The highest BCUT2D eigenvalue weighted by Gasteiger charge is 2.61. The van der Waals surface area contributed by atoms with Crippen molar-refractivity contribution in [1.82, 2.24) is 39.2 Å². The van der Waals surface area contributed by atoms with Crippen molar-refractivity contribution < 1.29 is 32.7 Å². The Labute approximate surface area is 394 Å². The van der Waals surface area contributed by atoms with Gasteiger partial charge in [0.2, 0.25) is 5.82 Å². The van der Waals surface area contributed by atoms with E-state index in [1.165, 1.54) is 11.1 Å². The van der Waals surface area contributed by atoms with Gasteiger partial charge < -0.3 is 19.3 Å². The number of hydrogen-bond donors (Lipinski definition) is 2.